The molecule has 0 spiro atoms. The van der Waals surface area contributed by atoms with Crippen molar-refractivity contribution in [2.75, 3.05) is 0 Å². The number of nitrogens with zero attached hydrogens (tertiary/aromatic N) is 2. The molecule has 1 saturated carbocycles. The van der Waals surface area contributed by atoms with Crippen LogP contribution in [0.25, 0.3) is 0 Å². The van der Waals surface area contributed by atoms with Crippen LogP contribution in [0.4, 0.5) is 0 Å². The number of aromatic nitrogens is 3. The molecule has 1 aromatic heterocycles. The molecule has 20 heavy (non-hydrogen) atoms. The molecule has 2 N–H and O–H groups in total. The Hall–Kier alpha value is -1.68. The third kappa shape index (κ3) is 3.07. The van der Waals surface area contributed by atoms with Crippen LogP contribution in [0.5, 0.6) is 0 Å². The van der Waals surface area contributed by atoms with E-state index in [-0.39, 0.29) is 0 Å². The molecule has 0 amide bonds. The van der Waals surface area contributed by atoms with Crippen molar-refractivity contribution in [2.24, 2.45) is 5.92 Å². The number of hydrogen-bond acceptors (Lipinski definition) is 3. The van der Waals surface area contributed by atoms with Gasteiger partial charge in [-0.15, -0.1) is 0 Å². The highest BCUT2D eigenvalue weighted by atomic mass is 16.3. The van der Waals surface area contributed by atoms with E-state index < -0.39 is 6.10 Å². The molecule has 2 aromatic rings. The lowest BCUT2D eigenvalue weighted by molar-refractivity contribution is 0.0774. The van der Waals surface area contributed by atoms with Crippen LogP contribution in [-0.2, 0) is 6.42 Å². The first-order chi connectivity index (χ1) is 9.83. The molecule has 4 nitrogen and oxygen atoms in total. The average molecular weight is 271 g/mol. The molecule has 1 aromatic carbocycles. The minimum atomic E-state index is -0.518. The fraction of sp³-hybridized carbons (Fsp3) is 0.500. The largest absolute Gasteiger partial charge is 0.385 e. The van der Waals surface area contributed by atoms with Crippen LogP contribution < -0.4 is 0 Å². The highest BCUT2D eigenvalue weighted by molar-refractivity contribution is 5.18. The third-order valence-corrected chi connectivity index (χ3v) is 4.12. The minimum absolute atomic E-state index is 0.323. The summed E-state index contributed by atoms with van der Waals surface area (Å²) in [5.74, 6) is 1.70. The lowest BCUT2D eigenvalue weighted by Gasteiger charge is -2.24. The van der Waals surface area contributed by atoms with E-state index in [4.69, 9.17) is 0 Å². The fourth-order valence-corrected chi connectivity index (χ4v) is 2.97. The number of benzene rings is 1. The van der Waals surface area contributed by atoms with Gasteiger partial charge in [0.05, 0.1) is 0 Å². The van der Waals surface area contributed by atoms with E-state index >= 15 is 0 Å². The Morgan fingerprint density at radius 1 is 1.15 bits per heavy atom. The molecule has 0 saturated heterocycles. The summed E-state index contributed by atoms with van der Waals surface area (Å²) in [7, 11) is 0. The van der Waals surface area contributed by atoms with E-state index in [1.807, 2.05) is 18.2 Å². The van der Waals surface area contributed by atoms with Gasteiger partial charge in [-0.05, 0) is 24.3 Å². The van der Waals surface area contributed by atoms with E-state index in [0.717, 1.165) is 25.1 Å². The predicted molar refractivity (Wildman–Crippen MR) is 77.2 cm³/mol. The number of hydrogen-bond donors (Lipinski definition) is 2. The van der Waals surface area contributed by atoms with E-state index in [1.54, 1.807) is 0 Å². The van der Waals surface area contributed by atoms with Gasteiger partial charge in [0.2, 0.25) is 0 Å². The second-order valence-corrected chi connectivity index (χ2v) is 5.65. The Bertz CT molecular complexity index is 532. The zero-order chi connectivity index (χ0) is 13.8. The predicted octanol–water partition coefficient (Wildman–Crippen LogP) is 3.01. The van der Waals surface area contributed by atoms with Gasteiger partial charge >= 0.3 is 0 Å². The van der Waals surface area contributed by atoms with Gasteiger partial charge in [-0.1, -0.05) is 49.6 Å². The number of aliphatic hydroxyl groups is 1. The van der Waals surface area contributed by atoms with Crippen molar-refractivity contribution in [3.05, 3.63) is 47.5 Å². The highest BCUT2D eigenvalue weighted by Crippen LogP contribution is 2.32. The first-order valence-electron chi connectivity index (χ1n) is 7.46. The van der Waals surface area contributed by atoms with Gasteiger partial charge in [-0.25, -0.2) is 4.98 Å². The molecule has 1 aliphatic carbocycles. The Morgan fingerprint density at radius 2 is 1.90 bits per heavy atom. The molecular formula is C16H21N3O. The van der Waals surface area contributed by atoms with Gasteiger partial charge in [0.1, 0.15) is 11.9 Å². The Balaban J connectivity index is 1.66. The first kappa shape index (κ1) is 13.3. The van der Waals surface area contributed by atoms with Crippen LogP contribution in [0.2, 0.25) is 0 Å². The smallest absolute Gasteiger partial charge is 0.179 e. The SMILES string of the molecule is O[C@@H](c1n[nH]c(Cc2ccccc2)n1)C1CCCCC1. The van der Waals surface area contributed by atoms with Crippen molar-refractivity contribution in [3.63, 3.8) is 0 Å². The molecule has 0 bridgehead atoms. The summed E-state index contributed by atoms with van der Waals surface area (Å²) in [6.45, 7) is 0. The number of nitrogens with one attached hydrogen (secondary N) is 1. The highest BCUT2D eigenvalue weighted by Gasteiger charge is 2.26. The van der Waals surface area contributed by atoms with Crippen molar-refractivity contribution < 1.29 is 5.11 Å². The van der Waals surface area contributed by atoms with Gasteiger partial charge in [0.25, 0.3) is 0 Å². The summed E-state index contributed by atoms with van der Waals surface area (Å²) >= 11 is 0. The van der Waals surface area contributed by atoms with E-state index in [1.165, 1.54) is 24.8 Å². The number of aromatic amines is 1. The second kappa shape index (κ2) is 6.18. The lowest BCUT2D eigenvalue weighted by Crippen LogP contribution is -2.17. The molecule has 1 atom stereocenters. The van der Waals surface area contributed by atoms with Gasteiger partial charge < -0.3 is 5.11 Å². The molecule has 0 aliphatic heterocycles. The van der Waals surface area contributed by atoms with E-state index in [2.05, 4.69) is 27.3 Å². The molecule has 1 fully saturated rings. The quantitative estimate of drug-likeness (QED) is 0.898. The van der Waals surface area contributed by atoms with Gasteiger partial charge in [0.15, 0.2) is 5.82 Å². The van der Waals surface area contributed by atoms with Gasteiger partial charge in [-0.2, -0.15) is 5.10 Å². The fourth-order valence-electron chi connectivity index (χ4n) is 2.97. The van der Waals surface area contributed by atoms with Crippen LogP contribution in [0.3, 0.4) is 0 Å². The lowest BCUT2D eigenvalue weighted by atomic mass is 9.85. The number of rotatable bonds is 4. The zero-order valence-electron chi connectivity index (χ0n) is 11.6. The van der Waals surface area contributed by atoms with E-state index in [0.29, 0.717) is 11.7 Å². The monoisotopic (exact) mass is 271 g/mol. The van der Waals surface area contributed by atoms with Crippen LogP contribution >= 0.6 is 0 Å². The van der Waals surface area contributed by atoms with Gasteiger partial charge in [-0.3, -0.25) is 5.10 Å². The van der Waals surface area contributed by atoms with Crippen molar-refractivity contribution >= 4 is 0 Å². The summed E-state index contributed by atoms with van der Waals surface area (Å²) in [4.78, 5) is 4.46. The second-order valence-electron chi connectivity index (χ2n) is 5.65. The van der Waals surface area contributed by atoms with Crippen LogP contribution in [0.1, 0.15) is 55.4 Å². The summed E-state index contributed by atoms with van der Waals surface area (Å²) < 4.78 is 0. The zero-order valence-corrected chi connectivity index (χ0v) is 11.6. The van der Waals surface area contributed by atoms with E-state index in [9.17, 15) is 5.11 Å². The van der Waals surface area contributed by atoms with Crippen molar-refractivity contribution in [1.82, 2.24) is 15.2 Å². The summed E-state index contributed by atoms with van der Waals surface area (Å²) in [5.41, 5.74) is 1.20. The Kier molecular flexibility index (Phi) is 4.11. The molecule has 1 aliphatic rings. The standard InChI is InChI=1S/C16H21N3O/c20-15(13-9-5-2-6-10-13)16-17-14(18-19-16)11-12-7-3-1-4-8-12/h1,3-4,7-8,13,15,20H,2,5-6,9-11H2,(H,17,18,19)/t15-/m1/s1. The number of H-pyrrole nitrogens is 1. The van der Waals surface area contributed by atoms with Crippen molar-refractivity contribution in [3.8, 4) is 0 Å². The molecule has 4 heteroatoms. The summed E-state index contributed by atoms with van der Waals surface area (Å²) in [6.07, 6.45) is 6.09. The van der Waals surface area contributed by atoms with Crippen LogP contribution in [0.15, 0.2) is 30.3 Å². The maximum atomic E-state index is 10.4. The molecule has 0 unspecified atom stereocenters. The molecule has 0 radical (unpaired) electrons. The topological polar surface area (TPSA) is 61.8 Å². The molecular weight excluding hydrogens is 250 g/mol. The van der Waals surface area contributed by atoms with Crippen LogP contribution in [-0.4, -0.2) is 20.3 Å². The number of aliphatic hydroxyl groups excluding tert-OH is 1. The van der Waals surface area contributed by atoms with Gasteiger partial charge in [0, 0.05) is 6.42 Å². The van der Waals surface area contributed by atoms with Crippen LogP contribution in [0, 0.1) is 5.92 Å². The Labute approximate surface area is 119 Å². The Morgan fingerprint density at radius 3 is 2.65 bits per heavy atom. The summed E-state index contributed by atoms with van der Waals surface area (Å²) in [6, 6.07) is 10.2. The summed E-state index contributed by atoms with van der Waals surface area (Å²) in [5, 5.41) is 17.5. The minimum Gasteiger partial charge on any atom is -0.385 e. The molecule has 106 valence electrons. The third-order valence-electron chi connectivity index (χ3n) is 4.12. The normalized spacial score (nSPS) is 18.1. The maximum Gasteiger partial charge on any atom is 0.179 e. The molecule has 1 heterocycles. The average Bonchev–Trinajstić information content (AvgIpc) is 2.97. The van der Waals surface area contributed by atoms with Crippen molar-refractivity contribution in [1.29, 1.82) is 0 Å². The first-order valence-corrected chi connectivity index (χ1v) is 7.46. The molecule has 3 rings (SSSR count). The maximum absolute atomic E-state index is 10.4. The van der Waals surface area contributed by atoms with Crippen molar-refractivity contribution in [2.45, 2.75) is 44.6 Å².